The molecule has 0 aromatic rings. The van der Waals surface area contributed by atoms with E-state index in [1.807, 2.05) is 0 Å². The molecule has 1 saturated heterocycles. The van der Waals surface area contributed by atoms with Crippen LogP contribution in [0.5, 0.6) is 0 Å². The average molecular weight is 219 g/mol. The lowest BCUT2D eigenvalue weighted by Gasteiger charge is -2.39. The van der Waals surface area contributed by atoms with Crippen molar-refractivity contribution in [3.05, 3.63) is 10.4 Å². The maximum absolute atomic E-state index is 9.59. The molecule has 5 atom stereocenters. The van der Waals surface area contributed by atoms with E-state index < -0.39 is 37.3 Å². The molecular weight excluding hydrogens is 206 g/mol. The number of rotatable bonds is 3. The minimum Gasteiger partial charge on any atom is -0.394 e. The van der Waals surface area contributed by atoms with Crippen LogP contribution < -0.4 is 0 Å². The van der Waals surface area contributed by atoms with E-state index in [2.05, 4.69) is 10.0 Å². The van der Waals surface area contributed by atoms with E-state index in [4.69, 9.17) is 20.1 Å². The summed E-state index contributed by atoms with van der Waals surface area (Å²) in [6.45, 7) is -0.457. The van der Waals surface area contributed by atoms with Gasteiger partial charge in [0.2, 0.25) is 0 Å². The van der Waals surface area contributed by atoms with E-state index >= 15 is 0 Å². The Labute approximate surface area is 85.7 Å². The number of aliphatic hydroxyl groups is 3. The Kier molecular flexibility index (Phi) is 4.28. The van der Waals surface area contributed by atoms with Gasteiger partial charge >= 0.3 is 0 Å². The van der Waals surface area contributed by atoms with E-state index in [0.29, 0.717) is 0 Å². The zero-order chi connectivity index (χ0) is 11.4. The van der Waals surface area contributed by atoms with Gasteiger partial charge in [-0.3, -0.25) is 0 Å². The summed E-state index contributed by atoms with van der Waals surface area (Å²) in [4.78, 5) is 2.52. The van der Waals surface area contributed by atoms with E-state index in [9.17, 15) is 10.2 Å². The van der Waals surface area contributed by atoms with Crippen molar-refractivity contribution >= 4 is 0 Å². The molecule has 86 valence electrons. The van der Waals surface area contributed by atoms with E-state index in [0.717, 1.165) is 0 Å². The van der Waals surface area contributed by atoms with Crippen LogP contribution in [0.4, 0.5) is 0 Å². The zero-order valence-electron chi connectivity index (χ0n) is 8.09. The highest BCUT2D eigenvalue weighted by Crippen LogP contribution is 2.23. The smallest absolute Gasteiger partial charge is 0.168 e. The summed E-state index contributed by atoms with van der Waals surface area (Å²) in [5.74, 6) is 0. The minimum absolute atomic E-state index is 0.457. The largest absolute Gasteiger partial charge is 0.394 e. The van der Waals surface area contributed by atoms with Crippen LogP contribution in [-0.4, -0.2) is 59.7 Å². The number of methoxy groups -OCH3 is 1. The molecule has 15 heavy (non-hydrogen) atoms. The van der Waals surface area contributed by atoms with E-state index in [1.165, 1.54) is 7.11 Å². The standard InChI is InChI=1S/C7H13N3O5/c1-14-7-4(9-10-8)6(13)5(12)3(2-11)15-7/h3-7,11-13H,2H2,1H3/t3-,4-,5+,6-,7-/m1/s1. The number of hydrogen-bond donors (Lipinski definition) is 3. The van der Waals surface area contributed by atoms with E-state index in [1.54, 1.807) is 0 Å². The van der Waals surface area contributed by atoms with Crippen molar-refractivity contribution in [2.75, 3.05) is 13.7 Å². The molecule has 0 aromatic heterocycles. The highest BCUT2D eigenvalue weighted by molar-refractivity contribution is 4.93. The first-order chi connectivity index (χ1) is 7.15. The first kappa shape index (κ1) is 12.2. The molecule has 0 amide bonds. The summed E-state index contributed by atoms with van der Waals surface area (Å²) < 4.78 is 9.92. The molecule has 1 heterocycles. The molecule has 1 aliphatic rings. The van der Waals surface area contributed by atoms with Gasteiger partial charge in [0.05, 0.1) is 12.7 Å². The fourth-order valence-electron chi connectivity index (χ4n) is 1.44. The van der Waals surface area contributed by atoms with Gasteiger partial charge in [0, 0.05) is 12.0 Å². The summed E-state index contributed by atoms with van der Waals surface area (Å²) in [5.41, 5.74) is 8.26. The van der Waals surface area contributed by atoms with Gasteiger partial charge in [0.15, 0.2) is 6.29 Å². The monoisotopic (exact) mass is 219 g/mol. The van der Waals surface area contributed by atoms with Gasteiger partial charge in [-0.2, -0.15) is 0 Å². The molecule has 1 rings (SSSR count). The third kappa shape index (κ3) is 2.37. The Morgan fingerprint density at radius 3 is 2.60 bits per heavy atom. The van der Waals surface area contributed by atoms with Crippen LogP contribution in [0.3, 0.4) is 0 Å². The van der Waals surface area contributed by atoms with Crippen LogP contribution >= 0.6 is 0 Å². The number of azide groups is 1. The summed E-state index contributed by atoms with van der Waals surface area (Å²) >= 11 is 0. The summed E-state index contributed by atoms with van der Waals surface area (Å²) in [6.07, 6.45) is -4.56. The molecule has 3 N–H and O–H groups in total. The first-order valence-electron chi connectivity index (χ1n) is 4.35. The van der Waals surface area contributed by atoms with Crippen LogP contribution in [0.1, 0.15) is 0 Å². The van der Waals surface area contributed by atoms with Crippen molar-refractivity contribution < 1.29 is 24.8 Å². The molecule has 0 spiro atoms. The topological polar surface area (TPSA) is 128 Å². The van der Waals surface area contributed by atoms with Crippen molar-refractivity contribution in [3.8, 4) is 0 Å². The van der Waals surface area contributed by atoms with Crippen LogP contribution in [0, 0.1) is 0 Å². The van der Waals surface area contributed by atoms with Crippen molar-refractivity contribution in [1.82, 2.24) is 0 Å². The van der Waals surface area contributed by atoms with Crippen LogP contribution in [0.15, 0.2) is 5.11 Å². The molecule has 0 unspecified atom stereocenters. The van der Waals surface area contributed by atoms with Crippen molar-refractivity contribution in [2.45, 2.75) is 30.6 Å². The van der Waals surface area contributed by atoms with Crippen LogP contribution in [-0.2, 0) is 9.47 Å². The minimum atomic E-state index is -1.32. The molecule has 0 aliphatic carbocycles. The maximum atomic E-state index is 9.59. The predicted molar refractivity (Wildman–Crippen MR) is 47.7 cm³/mol. The maximum Gasteiger partial charge on any atom is 0.168 e. The lowest BCUT2D eigenvalue weighted by molar-refractivity contribution is -0.257. The van der Waals surface area contributed by atoms with Gasteiger partial charge in [-0.05, 0) is 5.53 Å². The SMILES string of the molecule is CO[C@@H]1O[C@H](CO)[C@H](O)[C@H](O)[C@H]1N=[N+]=[N-]. The van der Waals surface area contributed by atoms with Crippen molar-refractivity contribution in [3.63, 3.8) is 0 Å². The Morgan fingerprint density at radius 2 is 2.13 bits per heavy atom. The lowest BCUT2D eigenvalue weighted by atomic mass is 9.98. The Hall–Kier alpha value is -0.890. The lowest BCUT2D eigenvalue weighted by Crippen LogP contribution is -2.58. The summed E-state index contributed by atoms with van der Waals surface area (Å²) in [5, 5.41) is 31.2. The van der Waals surface area contributed by atoms with E-state index in [-0.39, 0.29) is 0 Å². The number of hydrogen-bond acceptors (Lipinski definition) is 6. The highest BCUT2D eigenvalue weighted by Gasteiger charge is 2.43. The molecule has 0 bridgehead atoms. The quantitative estimate of drug-likeness (QED) is 0.310. The highest BCUT2D eigenvalue weighted by atomic mass is 16.7. The van der Waals surface area contributed by atoms with Gasteiger partial charge in [-0.1, -0.05) is 5.11 Å². The second-order valence-corrected chi connectivity index (χ2v) is 3.14. The Balaban J connectivity index is 2.83. The van der Waals surface area contributed by atoms with Gasteiger partial charge < -0.3 is 24.8 Å². The van der Waals surface area contributed by atoms with Crippen LogP contribution in [0.2, 0.25) is 0 Å². The normalized spacial score (nSPS) is 40.9. The molecule has 8 heteroatoms. The summed E-state index contributed by atoms with van der Waals surface area (Å²) in [6, 6.07) is -1.03. The Bertz CT molecular complexity index is 255. The third-order valence-electron chi connectivity index (χ3n) is 2.27. The van der Waals surface area contributed by atoms with Crippen molar-refractivity contribution in [2.24, 2.45) is 5.11 Å². The second kappa shape index (κ2) is 5.26. The number of nitrogens with zero attached hydrogens (tertiary/aromatic N) is 3. The summed E-state index contributed by atoms with van der Waals surface area (Å²) in [7, 11) is 1.31. The fraction of sp³-hybridized carbons (Fsp3) is 1.00. The van der Waals surface area contributed by atoms with Gasteiger partial charge in [0.25, 0.3) is 0 Å². The molecule has 0 aromatic carbocycles. The van der Waals surface area contributed by atoms with Gasteiger partial charge in [-0.15, -0.1) is 0 Å². The van der Waals surface area contributed by atoms with Crippen LogP contribution in [0.25, 0.3) is 10.4 Å². The molecule has 0 saturated carbocycles. The number of aliphatic hydroxyl groups excluding tert-OH is 3. The molecule has 0 radical (unpaired) electrons. The molecule has 1 aliphatic heterocycles. The molecule has 1 fully saturated rings. The Morgan fingerprint density at radius 1 is 1.47 bits per heavy atom. The number of ether oxygens (including phenoxy) is 2. The predicted octanol–water partition coefficient (Wildman–Crippen LogP) is -1.25. The average Bonchev–Trinajstić information content (AvgIpc) is 2.25. The molecular formula is C7H13N3O5. The van der Waals surface area contributed by atoms with Crippen molar-refractivity contribution in [1.29, 1.82) is 0 Å². The second-order valence-electron chi connectivity index (χ2n) is 3.14. The zero-order valence-corrected chi connectivity index (χ0v) is 8.09. The fourth-order valence-corrected chi connectivity index (χ4v) is 1.44. The van der Waals surface area contributed by atoms with Gasteiger partial charge in [0.1, 0.15) is 18.2 Å². The first-order valence-corrected chi connectivity index (χ1v) is 4.35. The third-order valence-corrected chi connectivity index (χ3v) is 2.27. The van der Waals surface area contributed by atoms with Gasteiger partial charge in [-0.25, -0.2) is 0 Å². The molecule has 8 nitrogen and oxygen atoms in total.